The Kier molecular flexibility index (Phi) is 12.1. The summed E-state index contributed by atoms with van der Waals surface area (Å²) in [6.45, 7) is 2.97. The minimum Gasteiger partial charge on any atom is -0.352 e. The highest BCUT2D eigenvalue weighted by Gasteiger charge is 2.35. The molecule has 0 unspecified atom stereocenters. The van der Waals surface area contributed by atoms with E-state index in [2.05, 4.69) is 5.32 Å². The van der Waals surface area contributed by atoms with E-state index in [0.717, 1.165) is 22.0 Å². The summed E-state index contributed by atoms with van der Waals surface area (Å²) in [5, 5.41) is 3.22. The Morgan fingerprint density at radius 2 is 1.48 bits per heavy atom. The molecule has 0 fully saturated rings. The molecule has 7 nitrogen and oxygen atoms in total. The summed E-state index contributed by atoms with van der Waals surface area (Å²) in [5.74, 6) is -1.85. The van der Waals surface area contributed by atoms with E-state index in [9.17, 15) is 22.4 Å². The topological polar surface area (TPSA) is 86.8 Å². The summed E-state index contributed by atoms with van der Waals surface area (Å²) in [4.78, 5) is 29.6. The van der Waals surface area contributed by atoms with Crippen molar-refractivity contribution in [2.24, 2.45) is 0 Å². The summed E-state index contributed by atoms with van der Waals surface area (Å²) >= 11 is 18.5. The molecule has 4 rings (SSSR count). The third-order valence-electron chi connectivity index (χ3n) is 7.41. The average Bonchev–Trinajstić information content (AvgIpc) is 3.05. The number of nitrogens with one attached hydrogen (secondary N) is 1. The smallest absolute Gasteiger partial charge is 0.264 e. The number of hydrogen-bond acceptors (Lipinski definition) is 4. The number of amides is 2. The maximum absolute atomic E-state index is 14.5. The van der Waals surface area contributed by atoms with E-state index >= 15 is 0 Å². The van der Waals surface area contributed by atoms with Crippen LogP contribution in [0.15, 0.2) is 102 Å². The van der Waals surface area contributed by atoms with E-state index in [-0.39, 0.29) is 39.6 Å². The first-order chi connectivity index (χ1) is 21.9. The summed E-state index contributed by atoms with van der Waals surface area (Å²) < 4.78 is 43.1. The molecule has 0 heterocycles. The second-order valence-electron chi connectivity index (χ2n) is 10.7. The van der Waals surface area contributed by atoms with E-state index < -0.39 is 40.2 Å². The minimum absolute atomic E-state index is 0.0262. The van der Waals surface area contributed by atoms with Crippen LogP contribution in [0.25, 0.3) is 0 Å². The lowest BCUT2D eigenvalue weighted by Crippen LogP contribution is -2.54. The fourth-order valence-corrected chi connectivity index (χ4v) is 6.64. The molecule has 4 aromatic carbocycles. The van der Waals surface area contributed by atoms with E-state index in [1.807, 2.05) is 44.2 Å². The molecule has 0 aliphatic rings. The maximum Gasteiger partial charge on any atom is 0.264 e. The Morgan fingerprint density at radius 3 is 2.09 bits per heavy atom. The van der Waals surface area contributed by atoms with Crippen LogP contribution in [0, 0.1) is 5.82 Å². The standard InChI is InChI=1S/C34H33Cl3FN3O4S/c1-3-23(2)39-34(43)32(19-24-10-6-4-7-11-24)40(21-25-14-16-28(35)29(36)18-25)33(42)22-41(26-15-17-31(38)30(37)20-26)46(44,45)27-12-8-5-9-13-27/h4-18,20,23,32H,3,19,21-22H2,1-2H3,(H,39,43)/t23-,32-/m1/s1. The number of rotatable bonds is 13. The highest BCUT2D eigenvalue weighted by Crippen LogP contribution is 2.29. The van der Waals surface area contributed by atoms with Crippen LogP contribution >= 0.6 is 34.8 Å². The quantitative estimate of drug-likeness (QED) is 0.156. The Labute approximate surface area is 283 Å². The van der Waals surface area contributed by atoms with Crippen molar-refractivity contribution < 1.29 is 22.4 Å². The SMILES string of the molecule is CC[C@@H](C)NC(=O)[C@@H](Cc1ccccc1)N(Cc1ccc(Cl)c(Cl)c1)C(=O)CN(c1ccc(F)c(Cl)c1)S(=O)(=O)c1ccccc1. The Balaban J connectivity index is 1.83. The molecule has 0 aliphatic carbocycles. The number of carbonyl (C=O) groups is 2. The van der Waals surface area contributed by atoms with Crippen LogP contribution in [0.2, 0.25) is 15.1 Å². The predicted octanol–water partition coefficient (Wildman–Crippen LogP) is 7.54. The average molecular weight is 705 g/mol. The zero-order chi connectivity index (χ0) is 33.4. The predicted molar refractivity (Wildman–Crippen MR) is 181 cm³/mol. The normalized spacial score (nSPS) is 12.7. The largest absolute Gasteiger partial charge is 0.352 e. The number of halogens is 4. The lowest BCUT2D eigenvalue weighted by molar-refractivity contribution is -0.140. The van der Waals surface area contributed by atoms with Crippen LogP contribution < -0.4 is 9.62 Å². The molecule has 242 valence electrons. The van der Waals surface area contributed by atoms with Gasteiger partial charge in [-0.15, -0.1) is 0 Å². The van der Waals surface area contributed by atoms with Gasteiger partial charge >= 0.3 is 0 Å². The summed E-state index contributed by atoms with van der Waals surface area (Å²) in [7, 11) is -4.36. The molecule has 0 spiro atoms. The van der Waals surface area contributed by atoms with Crippen LogP contribution in [0.4, 0.5) is 10.1 Å². The van der Waals surface area contributed by atoms with Crippen molar-refractivity contribution in [1.82, 2.24) is 10.2 Å². The Bertz CT molecular complexity index is 1780. The van der Waals surface area contributed by atoms with E-state index in [0.29, 0.717) is 17.0 Å². The molecule has 0 saturated carbocycles. The van der Waals surface area contributed by atoms with Gasteiger partial charge in [-0.3, -0.25) is 13.9 Å². The first-order valence-corrected chi connectivity index (χ1v) is 17.1. The van der Waals surface area contributed by atoms with Crippen molar-refractivity contribution in [3.05, 3.63) is 129 Å². The van der Waals surface area contributed by atoms with Gasteiger partial charge in [-0.1, -0.05) is 96.3 Å². The van der Waals surface area contributed by atoms with Crippen molar-refractivity contribution in [2.45, 2.75) is 50.2 Å². The molecule has 0 bridgehead atoms. The van der Waals surface area contributed by atoms with Crippen molar-refractivity contribution in [3.8, 4) is 0 Å². The molecule has 4 aromatic rings. The summed E-state index contributed by atoms with van der Waals surface area (Å²) in [5.41, 5.74) is 1.33. The number of carbonyl (C=O) groups excluding carboxylic acids is 2. The summed E-state index contributed by atoms with van der Waals surface area (Å²) in [6.07, 6.45) is 0.795. The van der Waals surface area contributed by atoms with Crippen LogP contribution in [0.3, 0.4) is 0 Å². The van der Waals surface area contributed by atoms with Crippen LogP contribution in [-0.4, -0.2) is 43.8 Å². The molecule has 0 radical (unpaired) electrons. The van der Waals surface area contributed by atoms with Gasteiger partial charge in [0, 0.05) is 19.0 Å². The maximum atomic E-state index is 14.5. The van der Waals surface area contributed by atoms with Crippen LogP contribution in [-0.2, 0) is 32.6 Å². The molecule has 2 atom stereocenters. The zero-order valence-corrected chi connectivity index (χ0v) is 28.3. The summed E-state index contributed by atoms with van der Waals surface area (Å²) in [6, 6.07) is 23.8. The second kappa shape index (κ2) is 15.8. The lowest BCUT2D eigenvalue weighted by Gasteiger charge is -2.34. The number of hydrogen-bond donors (Lipinski definition) is 1. The first kappa shape index (κ1) is 35.2. The minimum atomic E-state index is -4.36. The van der Waals surface area contributed by atoms with Crippen molar-refractivity contribution in [3.63, 3.8) is 0 Å². The fourth-order valence-electron chi connectivity index (χ4n) is 4.72. The van der Waals surface area contributed by atoms with Gasteiger partial charge in [0.25, 0.3) is 10.0 Å². The van der Waals surface area contributed by atoms with Crippen LogP contribution in [0.1, 0.15) is 31.4 Å². The number of nitrogens with zero attached hydrogens (tertiary/aromatic N) is 2. The second-order valence-corrected chi connectivity index (χ2v) is 13.8. The third kappa shape index (κ3) is 8.79. The highest BCUT2D eigenvalue weighted by atomic mass is 35.5. The van der Waals surface area contributed by atoms with E-state index in [1.165, 1.54) is 23.1 Å². The van der Waals surface area contributed by atoms with E-state index in [1.54, 1.807) is 36.4 Å². The van der Waals surface area contributed by atoms with Crippen molar-refractivity contribution in [2.75, 3.05) is 10.8 Å². The van der Waals surface area contributed by atoms with Gasteiger partial charge in [0.2, 0.25) is 11.8 Å². The van der Waals surface area contributed by atoms with Gasteiger partial charge in [-0.25, -0.2) is 12.8 Å². The van der Waals surface area contributed by atoms with Gasteiger partial charge < -0.3 is 10.2 Å². The lowest BCUT2D eigenvalue weighted by atomic mass is 10.0. The molecule has 0 saturated heterocycles. The van der Waals surface area contributed by atoms with E-state index in [4.69, 9.17) is 34.8 Å². The zero-order valence-electron chi connectivity index (χ0n) is 25.2. The Hall–Kier alpha value is -3.63. The number of sulfonamides is 1. The molecular formula is C34H33Cl3FN3O4S. The Morgan fingerprint density at radius 1 is 0.826 bits per heavy atom. The van der Waals surface area contributed by atoms with Crippen LogP contribution in [0.5, 0.6) is 0 Å². The molecule has 0 aromatic heterocycles. The van der Waals surface area contributed by atoms with Gasteiger partial charge in [0.05, 0.1) is 25.7 Å². The van der Waals surface area contributed by atoms with Gasteiger partial charge in [-0.05, 0) is 66.9 Å². The van der Waals surface area contributed by atoms with Gasteiger partial charge in [-0.2, -0.15) is 0 Å². The van der Waals surface area contributed by atoms with Crippen molar-refractivity contribution >= 4 is 62.3 Å². The monoisotopic (exact) mass is 703 g/mol. The first-order valence-electron chi connectivity index (χ1n) is 14.5. The highest BCUT2D eigenvalue weighted by molar-refractivity contribution is 7.92. The number of anilines is 1. The molecule has 2 amide bonds. The van der Waals surface area contributed by atoms with Gasteiger partial charge in [0.15, 0.2) is 0 Å². The third-order valence-corrected chi connectivity index (χ3v) is 10.2. The molecule has 12 heteroatoms. The molecule has 0 aliphatic heterocycles. The fraction of sp³-hybridized carbons (Fsp3) is 0.235. The van der Waals surface area contributed by atoms with Crippen molar-refractivity contribution in [1.29, 1.82) is 0 Å². The molecule has 1 N–H and O–H groups in total. The number of benzene rings is 4. The van der Waals surface area contributed by atoms with Gasteiger partial charge in [0.1, 0.15) is 18.4 Å². The molecular weight excluding hydrogens is 672 g/mol. The molecule has 46 heavy (non-hydrogen) atoms.